The Hall–Kier alpha value is -0.633. The zero-order valence-electron chi connectivity index (χ0n) is 17.9. The minimum Gasteiger partial charge on any atom is -0.444 e. The Morgan fingerprint density at radius 1 is 1.15 bits per heavy atom. The van der Waals surface area contributed by atoms with Gasteiger partial charge in [-0.2, -0.15) is 0 Å². The van der Waals surface area contributed by atoms with E-state index < -0.39 is 25.4 Å². The quantitative estimate of drug-likeness (QED) is 0.705. The summed E-state index contributed by atoms with van der Waals surface area (Å²) in [6.45, 7) is 17.3. The minimum absolute atomic E-state index is 0.0686. The molecule has 0 aromatic carbocycles. The number of hydrogen-bond donors (Lipinski definition) is 2. The number of aliphatic hydroxyl groups is 2. The Balaban J connectivity index is 2.67. The molecule has 1 heterocycles. The van der Waals surface area contributed by atoms with Crippen molar-refractivity contribution in [1.29, 1.82) is 0 Å². The molecule has 2 N–H and O–H groups in total. The molecule has 0 aliphatic carbocycles. The largest absolute Gasteiger partial charge is 0.444 e. The Labute approximate surface area is 160 Å². The summed E-state index contributed by atoms with van der Waals surface area (Å²) in [5.41, 5.74) is -1.15. The maximum atomic E-state index is 12.2. The van der Waals surface area contributed by atoms with E-state index in [0.717, 1.165) is 0 Å². The Morgan fingerprint density at radius 2 is 1.65 bits per heavy atom. The van der Waals surface area contributed by atoms with E-state index in [1.807, 2.05) is 20.8 Å². The van der Waals surface area contributed by atoms with Crippen molar-refractivity contribution in [2.45, 2.75) is 84.2 Å². The number of hydrogen-bond acceptors (Lipinski definition) is 5. The van der Waals surface area contributed by atoms with Crippen LogP contribution in [0.5, 0.6) is 0 Å². The van der Waals surface area contributed by atoms with Gasteiger partial charge in [0, 0.05) is 18.5 Å². The first kappa shape index (κ1) is 23.4. The topological polar surface area (TPSA) is 79.2 Å². The molecule has 1 amide bonds. The highest BCUT2D eigenvalue weighted by atomic mass is 28.4. The number of aliphatic hydroxyl groups excluding tert-OH is 2. The molecule has 1 atom stereocenters. The van der Waals surface area contributed by atoms with Crippen molar-refractivity contribution < 1.29 is 24.2 Å². The van der Waals surface area contributed by atoms with Crippen LogP contribution >= 0.6 is 0 Å². The summed E-state index contributed by atoms with van der Waals surface area (Å²) in [6, 6.07) is 0. The monoisotopic (exact) mass is 389 g/mol. The van der Waals surface area contributed by atoms with Gasteiger partial charge in [-0.25, -0.2) is 4.79 Å². The van der Waals surface area contributed by atoms with Crippen molar-refractivity contribution in [3.8, 4) is 0 Å². The number of carbonyl (C=O) groups is 1. The smallest absolute Gasteiger partial charge is 0.410 e. The van der Waals surface area contributed by atoms with E-state index in [2.05, 4.69) is 33.9 Å². The molecule has 0 aromatic heterocycles. The first-order chi connectivity index (χ1) is 11.6. The van der Waals surface area contributed by atoms with Gasteiger partial charge >= 0.3 is 6.09 Å². The van der Waals surface area contributed by atoms with Crippen LogP contribution in [0.2, 0.25) is 18.1 Å². The third-order valence-corrected chi connectivity index (χ3v) is 10.3. The summed E-state index contributed by atoms with van der Waals surface area (Å²) in [7, 11) is -1.96. The molecule has 1 aliphatic rings. The molecule has 0 spiro atoms. The fourth-order valence-corrected chi connectivity index (χ4v) is 3.75. The lowest BCUT2D eigenvalue weighted by Crippen LogP contribution is -2.53. The average Bonchev–Trinajstić information content (AvgIpc) is 2.50. The Kier molecular flexibility index (Phi) is 7.35. The van der Waals surface area contributed by atoms with E-state index in [1.54, 1.807) is 4.90 Å². The molecule has 0 saturated carbocycles. The predicted octanol–water partition coefficient (Wildman–Crippen LogP) is 3.38. The van der Waals surface area contributed by atoms with E-state index in [4.69, 9.17) is 9.16 Å². The maximum Gasteiger partial charge on any atom is 0.410 e. The van der Waals surface area contributed by atoms with Crippen LogP contribution in [-0.4, -0.2) is 67.5 Å². The molecule has 7 heteroatoms. The first-order valence-corrected chi connectivity index (χ1v) is 12.5. The summed E-state index contributed by atoms with van der Waals surface area (Å²) >= 11 is 0. The lowest BCUT2D eigenvalue weighted by Gasteiger charge is -2.45. The van der Waals surface area contributed by atoms with Crippen molar-refractivity contribution in [3.63, 3.8) is 0 Å². The molecule has 6 nitrogen and oxygen atoms in total. The molecule has 1 fully saturated rings. The van der Waals surface area contributed by atoms with E-state index in [0.29, 0.717) is 25.9 Å². The minimum atomic E-state index is -1.96. The van der Waals surface area contributed by atoms with Crippen LogP contribution in [0.3, 0.4) is 0 Å². The first-order valence-electron chi connectivity index (χ1n) is 9.54. The number of rotatable bonds is 5. The fourth-order valence-electron chi connectivity index (χ4n) is 2.74. The van der Waals surface area contributed by atoms with Gasteiger partial charge in [-0.3, -0.25) is 0 Å². The SMILES string of the molecule is CC(C)(C)OC(=O)N1CCC(CO)(C(O)CO[Si](C)(C)C(C)(C)C)CC1. The van der Waals surface area contributed by atoms with Crippen LogP contribution in [0.4, 0.5) is 4.79 Å². The van der Waals surface area contributed by atoms with Crippen molar-refractivity contribution in [2.24, 2.45) is 5.41 Å². The van der Waals surface area contributed by atoms with E-state index in [1.165, 1.54) is 0 Å². The van der Waals surface area contributed by atoms with Gasteiger partial charge in [0.1, 0.15) is 5.60 Å². The van der Waals surface area contributed by atoms with Crippen molar-refractivity contribution in [1.82, 2.24) is 4.90 Å². The molecular weight excluding hydrogens is 350 g/mol. The number of nitrogens with zero attached hydrogens (tertiary/aromatic N) is 1. The average molecular weight is 390 g/mol. The van der Waals surface area contributed by atoms with Crippen molar-refractivity contribution in [2.75, 3.05) is 26.3 Å². The maximum absolute atomic E-state index is 12.2. The molecule has 26 heavy (non-hydrogen) atoms. The molecule has 1 unspecified atom stereocenters. The lowest BCUT2D eigenvalue weighted by molar-refractivity contribution is -0.0777. The summed E-state index contributed by atoms with van der Waals surface area (Å²) in [5, 5.41) is 20.8. The molecule has 1 saturated heterocycles. The van der Waals surface area contributed by atoms with Gasteiger partial charge in [-0.15, -0.1) is 0 Å². The van der Waals surface area contributed by atoms with Gasteiger partial charge in [-0.05, 0) is 51.7 Å². The second-order valence-corrected chi connectivity index (χ2v) is 14.9. The molecule has 154 valence electrons. The molecule has 0 bridgehead atoms. The third kappa shape index (κ3) is 5.94. The summed E-state index contributed by atoms with van der Waals surface area (Å²) in [4.78, 5) is 13.9. The standard InChI is InChI=1S/C19H39NO5Si/c1-17(2,3)25-16(23)20-11-9-19(14-21,10-12-20)15(22)13-24-26(7,8)18(4,5)6/h15,21-22H,9-14H2,1-8H3. The van der Waals surface area contributed by atoms with Crippen LogP contribution in [-0.2, 0) is 9.16 Å². The number of ether oxygens (including phenoxy) is 1. The van der Waals surface area contributed by atoms with Gasteiger partial charge in [0.25, 0.3) is 0 Å². The zero-order valence-corrected chi connectivity index (χ0v) is 18.9. The second-order valence-electron chi connectivity index (χ2n) is 10.1. The zero-order chi connectivity index (χ0) is 20.4. The molecule has 1 aliphatic heterocycles. The Morgan fingerprint density at radius 3 is 2.04 bits per heavy atom. The lowest BCUT2D eigenvalue weighted by atomic mass is 9.74. The van der Waals surface area contributed by atoms with Gasteiger partial charge < -0.3 is 24.3 Å². The van der Waals surface area contributed by atoms with E-state index in [9.17, 15) is 15.0 Å². The van der Waals surface area contributed by atoms with E-state index in [-0.39, 0.29) is 24.3 Å². The summed E-state index contributed by atoms with van der Waals surface area (Å²) in [6.07, 6.45) is -0.0197. The van der Waals surface area contributed by atoms with Crippen LogP contribution in [0.15, 0.2) is 0 Å². The van der Waals surface area contributed by atoms with Crippen molar-refractivity contribution >= 4 is 14.4 Å². The highest BCUT2D eigenvalue weighted by molar-refractivity contribution is 6.74. The van der Waals surface area contributed by atoms with Crippen LogP contribution < -0.4 is 0 Å². The molecular formula is C19H39NO5Si. The van der Waals surface area contributed by atoms with Crippen molar-refractivity contribution in [3.05, 3.63) is 0 Å². The van der Waals surface area contributed by atoms with Gasteiger partial charge in [0.05, 0.1) is 19.3 Å². The molecule has 0 aromatic rings. The highest BCUT2D eigenvalue weighted by Gasteiger charge is 2.44. The van der Waals surface area contributed by atoms with Gasteiger partial charge in [-0.1, -0.05) is 20.8 Å². The van der Waals surface area contributed by atoms with Gasteiger partial charge in [0.15, 0.2) is 8.32 Å². The number of amides is 1. The predicted molar refractivity (Wildman–Crippen MR) is 106 cm³/mol. The van der Waals surface area contributed by atoms with Crippen LogP contribution in [0.25, 0.3) is 0 Å². The Bertz CT molecular complexity index is 473. The number of piperidine rings is 1. The van der Waals surface area contributed by atoms with Crippen LogP contribution in [0.1, 0.15) is 54.4 Å². The molecule has 0 radical (unpaired) electrons. The third-order valence-electron chi connectivity index (χ3n) is 5.84. The normalized spacial score (nSPS) is 20.0. The highest BCUT2D eigenvalue weighted by Crippen LogP contribution is 2.39. The van der Waals surface area contributed by atoms with E-state index >= 15 is 0 Å². The fraction of sp³-hybridized carbons (Fsp3) is 0.947. The summed E-state index contributed by atoms with van der Waals surface area (Å²) < 4.78 is 11.6. The number of likely N-dealkylation sites (tertiary alicyclic amines) is 1. The molecule has 1 rings (SSSR count). The number of carbonyl (C=O) groups excluding carboxylic acids is 1. The van der Waals surface area contributed by atoms with Crippen LogP contribution in [0, 0.1) is 5.41 Å². The summed E-state index contributed by atoms with van der Waals surface area (Å²) in [5.74, 6) is 0. The second kappa shape index (κ2) is 8.16. The van der Waals surface area contributed by atoms with Gasteiger partial charge in [0.2, 0.25) is 0 Å².